The van der Waals surface area contributed by atoms with Gasteiger partial charge in [-0.25, -0.2) is 4.90 Å². The highest BCUT2D eigenvalue weighted by molar-refractivity contribution is 6.22. The maximum atomic E-state index is 13.1. The highest BCUT2D eigenvalue weighted by atomic mass is 16.5. The van der Waals surface area contributed by atoms with Gasteiger partial charge in [0.15, 0.2) is 0 Å². The Bertz CT molecular complexity index is 1300. The van der Waals surface area contributed by atoms with Gasteiger partial charge in [0, 0.05) is 18.7 Å². The van der Waals surface area contributed by atoms with Crippen molar-refractivity contribution in [1.29, 1.82) is 0 Å². The molecule has 37 heavy (non-hydrogen) atoms. The third kappa shape index (κ3) is 4.63. The van der Waals surface area contributed by atoms with Gasteiger partial charge in [-0.2, -0.15) is 0 Å². The molecule has 2 aromatic rings. The first-order valence-electron chi connectivity index (χ1n) is 12.7. The number of hydrogen-bond donors (Lipinski definition) is 0. The summed E-state index contributed by atoms with van der Waals surface area (Å²) < 4.78 is 11.1. The predicted octanol–water partition coefficient (Wildman–Crippen LogP) is 4.20. The number of esters is 1. The first-order valence-corrected chi connectivity index (χ1v) is 12.7. The minimum Gasteiger partial charge on any atom is -0.494 e. The van der Waals surface area contributed by atoms with Gasteiger partial charge in [0.05, 0.1) is 30.0 Å². The van der Waals surface area contributed by atoms with Crippen LogP contribution in [0.3, 0.4) is 0 Å². The maximum absolute atomic E-state index is 13.1. The molecular formula is C29H30N2O6. The quantitative estimate of drug-likeness (QED) is 0.254. The van der Waals surface area contributed by atoms with E-state index in [1.165, 1.54) is 4.90 Å². The monoisotopic (exact) mass is 502 g/mol. The predicted molar refractivity (Wildman–Crippen MR) is 137 cm³/mol. The number of carbonyl (C=O) groups is 4. The molecule has 2 aliphatic heterocycles. The second-order valence-corrected chi connectivity index (χ2v) is 9.92. The van der Waals surface area contributed by atoms with Gasteiger partial charge in [0.1, 0.15) is 11.5 Å². The molecule has 2 heterocycles. The van der Waals surface area contributed by atoms with E-state index < -0.39 is 11.9 Å². The number of amides is 3. The van der Waals surface area contributed by atoms with E-state index in [0.717, 1.165) is 11.3 Å². The maximum Gasteiger partial charge on any atom is 0.316 e. The summed E-state index contributed by atoms with van der Waals surface area (Å²) in [5.41, 5.74) is 3.01. The Labute approximate surface area is 215 Å². The van der Waals surface area contributed by atoms with Crippen molar-refractivity contribution in [2.45, 2.75) is 40.0 Å². The average molecular weight is 503 g/mol. The van der Waals surface area contributed by atoms with Gasteiger partial charge in [-0.1, -0.05) is 11.6 Å². The molecule has 8 heteroatoms. The van der Waals surface area contributed by atoms with Gasteiger partial charge >= 0.3 is 5.97 Å². The van der Waals surface area contributed by atoms with E-state index in [1.807, 2.05) is 19.9 Å². The standard InChI is InChI=1S/C29H30N2O6/c1-4-36-21-8-6-20(7-9-21)30-16-19(15-26(30)32)29(35)37-22-10-12-25(18(3)14-22)31-27(33)23-11-5-17(2)13-24(23)28(31)34/h5-10,12,14,19,23-24H,4,11,13,15-16H2,1-3H3/t19-,23-,24+/m1/s1. The van der Waals surface area contributed by atoms with Crippen molar-refractivity contribution in [3.05, 3.63) is 59.7 Å². The molecule has 5 rings (SSSR count). The van der Waals surface area contributed by atoms with E-state index in [2.05, 4.69) is 0 Å². The lowest BCUT2D eigenvalue weighted by atomic mass is 9.82. The third-order valence-electron chi connectivity index (χ3n) is 7.37. The van der Waals surface area contributed by atoms with E-state index in [4.69, 9.17) is 9.47 Å². The number of fused-ring (bicyclic) bond motifs is 1. The van der Waals surface area contributed by atoms with Crippen LogP contribution in [-0.4, -0.2) is 36.8 Å². The zero-order valence-electron chi connectivity index (χ0n) is 21.2. The lowest BCUT2D eigenvalue weighted by Gasteiger charge is -2.19. The van der Waals surface area contributed by atoms with Gasteiger partial charge in [0.25, 0.3) is 0 Å². The number of allylic oxidation sites excluding steroid dienone is 2. The lowest BCUT2D eigenvalue weighted by molar-refractivity contribution is -0.139. The van der Waals surface area contributed by atoms with Crippen LogP contribution in [0.25, 0.3) is 0 Å². The largest absolute Gasteiger partial charge is 0.494 e. The SMILES string of the molecule is CCOc1ccc(N2C[C@H](C(=O)Oc3ccc(N4C(=O)[C@H]5CC(C)=CC[C@H]5C4=O)c(C)c3)CC2=O)cc1. The molecule has 2 fully saturated rings. The Kier molecular flexibility index (Phi) is 6.58. The fourth-order valence-electron chi connectivity index (χ4n) is 5.42. The van der Waals surface area contributed by atoms with Crippen molar-refractivity contribution < 1.29 is 28.7 Å². The van der Waals surface area contributed by atoms with Gasteiger partial charge in [0.2, 0.25) is 17.7 Å². The van der Waals surface area contributed by atoms with E-state index >= 15 is 0 Å². The van der Waals surface area contributed by atoms with Crippen LogP contribution in [0.2, 0.25) is 0 Å². The van der Waals surface area contributed by atoms with Crippen molar-refractivity contribution in [2.75, 3.05) is 23.0 Å². The molecule has 3 atom stereocenters. The summed E-state index contributed by atoms with van der Waals surface area (Å²) >= 11 is 0. The van der Waals surface area contributed by atoms with Crippen molar-refractivity contribution in [2.24, 2.45) is 17.8 Å². The second-order valence-electron chi connectivity index (χ2n) is 9.92. The molecule has 192 valence electrons. The molecule has 0 N–H and O–H groups in total. The van der Waals surface area contributed by atoms with Crippen LogP contribution >= 0.6 is 0 Å². The summed E-state index contributed by atoms with van der Waals surface area (Å²) in [6, 6.07) is 12.1. The second kappa shape index (κ2) is 9.84. The number of ether oxygens (including phenoxy) is 2. The molecule has 0 spiro atoms. The summed E-state index contributed by atoms with van der Waals surface area (Å²) in [6.07, 6.45) is 3.29. The van der Waals surface area contributed by atoms with Crippen molar-refractivity contribution in [3.8, 4) is 11.5 Å². The molecule has 0 unspecified atom stereocenters. The Morgan fingerprint density at radius 2 is 1.65 bits per heavy atom. The summed E-state index contributed by atoms with van der Waals surface area (Å²) in [7, 11) is 0. The minimum absolute atomic E-state index is 0.0656. The van der Waals surface area contributed by atoms with E-state index in [1.54, 1.807) is 54.3 Å². The first kappa shape index (κ1) is 24.7. The average Bonchev–Trinajstić information content (AvgIpc) is 3.37. The van der Waals surface area contributed by atoms with Crippen molar-refractivity contribution >= 4 is 35.1 Å². The van der Waals surface area contributed by atoms with Gasteiger partial charge in [-0.15, -0.1) is 0 Å². The number of benzene rings is 2. The van der Waals surface area contributed by atoms with Crippen LogP contribution in [0.5, 0.6) is 11.5 Å². The molecule has 3 aliphatic rings. The highest BCUT2D eigenvalue weighted by Gasteiger charge is 2.49. The molecule has 0 saturated carbocycles. The van der Waals surface area contributed by atoms with E-state index in [9.17, 15) is 19.2 Å². The summed E-state index contributed by atoms with van der Waals surface area (Å²) in [6.45, 7) is 6.46. The van der Waals surface area contributed by atoms with E-state index in [0.29, 0.717) is 42.1 Å². The summed E-state index contributed by atoms with van der Waals surface area (Å²) in [5.74, 6) is -1.18. The van der Waals surface area contributed by atoms with E-state index in [-0.39, 0.29) is 42.5 Å². The van der Waals surface area contributed by atoms with Crippen LogP contribution in [0.1, 0.15) is 38.7 Å². The summed E-state index contributed by atoms with van der Waals surface area (Å²) in [5, 5.41) is 0. The molecule has 2 saturated heterocycles. The molecule has 8 nitrogen and oxygen atoms in total. The van der Waals surface area contributed by atoms with Gasteiger partial charge < -0.3 is 14.4 Å². The van der Waals surface area contributed by atoms with Crippen LogP contribution in [0.15, 0.2) is 54.1 Å². The molecule has 3 amide bonds. The Hall–Kier alpha value is -3.94. The zero-order valence-corrected chi connectivity index (χ0v) is 21.2. The fourth-order valence-corrected chi connectivity index (χ4v) is 5.42. The topological polar surface area (TPSA) is 93.2 Å². The molecular weight excluding hydrogens is 472 g/mol. The van der Waals surface area contributed by atoms with Crippen molar-refractivity contribution in [1.82, 2.24) is 0 Å². The van der Waals surface area contributed by atoms with Crippen LogP contribution in [0.4, 0.5) is 11.4 Å². The Morgan fingerprint density at radius 1 is 0.946 bits per heavy atom. The summed E-state index contributed by atoms with van der Waals surface area (Å²) in [4.78, 5) is 54.4. The Balaban J connectivity index is 1.25. The molecule has 0 bridgehead atoms. The van der Waals surface area contributed by atoms with Gasteiger partial charge in [-0.3, -0.25) is 19.2 Å². The van der Waals surface area contributed by atoms with Crippen LogP contribution < -0.4 is 19.3 Å². The number of hydrogen-bond acceptors (Lipinski definition) is 6. The number of anilines is 2. The number of carbonyl (C=O) groups excluding carboxylic acids is 4. The molecule has 0 radical (unpaired) electrons. The van der Waals surface area contributed by atoms with Gasteiger partial charge in [-0.05, 0) is 81.6 Å². The number of imide groups is 1. The third-order valence-corrected chi connectivity index (χ3v) is 7.37. The first-order chi connectivity index (χ1) is 17.8. The number of nitrogens with zero attached hydrogens (tertiary/aromatic N) is 2. The number of aryl methyl sites for hydroxylation is 1. The highest BCUT2D eigenvalue weighted by Crippen LogP contribution is 2.41. The normalized spacial score (nSPS) is 23.3. The minimum atomic E-state index is -0.598. The smallest absolute Gasteiger partial charge is 0.316 e. The molecule has 1 aliphatic carbocycles. The zero-order chi connectivity index (χ0) is 26.3. The Morgan fingerprint density at radius 3 is 2.35 bits per heavy atom. The molecule has 0 aromatic heterocycles. The van der Waals surface area contributed by atoms with Crippen LogP contribution in [-0.2, 0) is 19.2 Å². The van der Waals surface area contributed by atoms with Crippen LogP contribution in [0, 0.1) is 24.7 Å². The number of rotatable bonds is 6. The molecule has 2 aromatic carbocycles. The fraction of sp³-hybridized carbons (Fsp3) is 0.379. The lowest BCUT2D eigenvalue weighted by Crippen LogP contribution is -2.31. The van der Waals surface area contributed by atoms with Crippen molar-refractivity contribution in [3.63, 3.8) is 0 Å².